The van der Waals surface area contributed by atoms with E-state index in [2.05, 4.69) is 32.0 Å². The predicted molar refractivity (Wildman–Crippen MR) is 59.7 cm³/mol. The second-order valence-corrected chi connectivity index (χ2v) is 3.92. The SMILES string of the molecule is C[C@@H]1NCCn2c(-c3ccccn3)nnc21. The molecule has 1 N–H and O–H groups in total. The molecule has 0 radical (unpaired) electrons. The molecule has 1 atom stereocenters. The molecule has 0 fully saturated rings. The minimum absolute atomic E-state index is 0.263. The summed E-state index contributed by atoms with van der Waals surface area (Å²) in [7, 11) is 0. The van der Waals surface area contributed by atoms with Crippen LogP contribution in [-0.2, 0) is 6.54 Å². The molecule has 1 aliphatic heterocycles. The zero-order chi connectivity index (χ0) is 11.0. The highest BCUT2D eigenvalue weighted by Gasteiger charge is 2.22. The van der Waals surface area contributed by atoms with Crippen molar-refractivity contribution in [2.24, 2.45) is 0 Å². The third-order valence-electron chi connectivity index (χ3n) is 2.85. The molecule has 5 nitrogen and oxygen atoms in total. The second kappa shape index (κ2) is 3.68. The van der Waals surface area contributed by atoms with Crippen LogP contribution in [0, 0.1) is 0 Å². The molecule has 0 spiro atoms. The number of aromatic nitrogens is 4. The minimum Gasteiger partial charge on any atom is -0.307 e. The number of fused-ring (bicyclic) bond motifs is 1. The van der Waals surface area contributed by atoms with E-state index >= 15 is 0 Å². The van der Waals surface area contributed by atoms with Crippen molar-refractivity contribution < 1.29 is 0 Å². The zero-order valence-electron chi connectivity index (χ0n) is 9.09. The van der Waals surface area contributed by atoms with Gasteiger partial charge in [-0.05, 0) is 19.1 Å². The van der Waals surface area contributed by atoms with Crippen LogP contribution >= 0.6 is 0 Å². The Morgan fingerprint density at radius 2 is 2.31 bits per heavy atom. The summed E-state index contributed by atoms with van der Waals surface area (Å²) in [6.07, 6.45) is 1.78. The maximum atomic E-state index is 4.31. The van der Waals surface area contributed by atoms with E-state index in [1.807, 2.05) is 18.2 Å². The lowest BCUT2D eigenvalue weighted by Crippen LogP contribution is -2.32. The van der Waals surface area contributed by atoms with Gasteiger partial charge in [-0.1, -0.05) is 6.07 Å². The molecule has 0 aliphatic carbocycles. The van der Waals surface area contributed by atoms with Gasteiger partial charge in [-0.15, -0.1) is 10.2 Å². The number of nitrogens with one attached hydrogen (secondary N) is 1. The first-order chi connectivity index (χ1) is 7.86. The Morgan fingerprint density at radius 1 is 1.38 bits per heavy atom. The zero-order valence-corrected chi connectivity index (χ0v) is 9.09. The van der Waals surface area contributed by atoms with Gasteiger partial charge in [0.1, 0.15) is 11.5 Å². The van der Waals surface area contributed by atoms with E-state index in [4.69, 9.17) is 0 Å². The van der Waals surface area contributed by atoms with Gasteiger partial charge in [0.2, 0.25) is 0 Å². The highest BCUT2D eigenvalue weighted by atomic mass is 15.3. The average Bonchev–Trinajstić information content (AvgIpc) is 2.75. The molecule has 5 heteroatoms. The van der Waals surface area contributed by atoms with Crippen molar-refractivity contribution in [1.29, 1.82) is 0 Å². The number of nitrogens with zero attached hydrogens (tertiary/aromatic N) is 4. The topological polar surface area (TPSA) is 55.6 Å². The van der Waals surface area contributed by atoms with Gasteiger partial charge >= 0.3 is 0 Å². The van der Waals surface area contributed by atoms with Crippen LogP contribution in [-0.4, -0.2) is 26.3 Å². The molecule has 3 heterocycles. The van der Waals surface area contributed by atoms with Crippen LogP contribution in [0.4, 0.5) is 0 Å². The summed E-state index contributed by atoms with van der Waals surface area (Å²) in [5.41, 5.74) is 0.885. The Hall–Kier alpha value is -1.75. The Morgan fingerprint density at radius 3 is 3.12 bits per heavy atom. The molecule has 3 rings (SSSR count). The Bertz CT molecular complexity index is 490. The fourth-order valence-electron chi connectivity index (χ4n) is 2.02. The first-order valence-corrected chi connectivity index (χ1v) is 5.44. The highest BCUT2D eigenvalue weighted by molar-refractivity contribution is 5.49. The number of pyridine rings is 1. The molecule has 16 heavy (non-hydrogen) atoms. The molecule has 2 aromatic rings. The molecule has 82 valence electrons. The summed E-state index contributed by atoms with van der Waals surface area (Å²) < 4.78 is 2.14. The Labute approximate surface area is 93.5 Å². The molecule has 1 aliphatic rings. The van der Waals surface area contributed by atoms with Gasteiger partial charge in [0.15, 0.2) is 5.82 Å². The van der Waals surface area contributed by atoms with E-state index in [0.717, 1.165) is 30.4 Å². The van der Waals surface area contributed by atoms with Crippen molar-refractivity contribution in [3.63, 3.8) is 0 Å². The van der Waals surface area contributed by atoms with E-state index in [9.17, 15) is 0 Å². The number of rotatable bonds is 1. The lowest BCUT2D eigenvalue weighted by Gasteiger charge is -2.21. The summed E-state index contributed by atoms with van der Waals surface area (Å²) in [6.45, 7) is 3.95. The number of hydrogen-bond donors (Lipinski definition) is 1. The van der Waals surface area contributed by atoms with Crippen LogP contribution in [0.15, 0.2) is 24.4 Å². The van der Waals surface area contributed by atoms with E-state index in [1.165, 1.54) is 0 Å². The van der Waals surface area contributed by atoms with Crippen LogP contribution in [0.2, 0.25) is 0 Å². The molecule has 0 aromatic carbocycles. The predicted octanol–water partition coefficient (Wildman–Crippen LogP) is 1.00. The van der Waals surface area contributed by atoms with E-state index < -0.39 is 0 Å². The number of hydrogen-bond acceptors (Lipinski definition) is 4. The van der Waals surface area contributed by atoms with Crippen molar-refractivity contribution in [2.45, 2.75) is 19.5 Å². The van der Waals surface area contributed by atoms with Crippen LogP contribution in [0.5, 0.6) is 0 Å². The van der Waals surface area contributed by atoms with Crippen molar-refractivity contribution >= 4 is 0 Å². The van der Waals surface area contributed by atoms with E-state index in [1.54, 1.807) is 6.20 Å². The minimum atomic E-state index is 0.263. The highest BCUT2D eigenvalue weighted by Crippen LogP contribution is 2.21. The first kappa shape index (κ1) is 9.47. The van der Waals surface area contributed by atoms with Gasteiger partial charge < -0.3 is 9.88 Å². The fourth-order valence-corrected chi connectivity index (χ4v) is 2.02. The molecule has 0 saturated heterocycles. The van der Waals surface area contributed by atoms with Gasteiger partial charge in [-0.2, -0.15) is 0 Å². The quantitative estimate of drug-likeness (QED) is 0.771. The smallest absolute Gasteiger partial charge is 0.182 e. The standard InChI is InChI=1S/C11H13N5/c1-8-10-14-15-11(16(10)7-6-12-8)9-4-2-3-5-13-9/h2-5,8,12H,6-7H2,1H3/t8-/m0/s1. The fraction of sp³-hybridized carbons (Fsp3) is 0.364. The van der Waals surface area contributed by atoms with Crippen LogP contribution < -0.4 is 5.32 Å². The normalized spacial score (nSPS) is 19.4. The summed E-state index contributed by atoms with van der Waals surface area (Å²) in [6, 6.07) is 6.10. The Balaban J connectivity index is 2.10. The molecule has 0 saturated carbocycles. The molecular weight excluding hydrogens is 202 g/mol. The van der Waals surface area contributed by atoms with Gasteiger partial charge in [0.05, 0.1) is 6.04 Å². The lowest BCUT2D eigenvalue weighted by molar-refractivity contribution is 0.438. The average molecular weight is 215 g/mol. The third kappa shape index (κ3) is 1.40. The molecule has 0 bridgehead atoms. The summed E-state index contributed by atoms with van der Waals surface area (Å²) in [5, 5.41) is 11.8. The van der Waals surface area contributed by atoms with E-state index in [-0.39, 0.29) is 6.04 Å². The maximum absolute atomic E-state index is 4.31. The maximum Gasteiger partial charge on any atom is 0.182 e. The van der Waals surface area contributed by atoms with Crippen molar-refractivity contribution in [3.05, 3.63) is 30.2 Å². The summed E-state index contributed by atoms with van der Waals surface area (Å²) >= 11 is 0. The van der Waals surface area contributed by atoms with Gasteiger partial charge in [-0.3, -0.25) is 4.98 Å². The van der Waals surface area contributed by atoms with Gasteiger partial charge in [-0.25, -0.2) is 0 Å². The van der Waals surface area contributed by atoms with Crippen LogP contribution in [0.1, 0.15) is 18.8 Å². The van der Waals surface area contributed by atoms with Crippen LogP contribution in [0.3, 0.4) is 0 Å². The summed E-state index contributed by atoms with van der Waals surface area (Å²) in [4.78, 5) is 4.31. The van der Waals surface area contributed by atoms with Crippen LogP contribution in [0.25, 0.3) is 11.5 Å². The molecular formula is C11H13N5. The lowest BCUT2D eigenvalue weighted by atomic mass is 10.2. The first-order valence-electron chi connectivity index (χ1n) is 5.44. The Kier molecular flexibility index (Phi) is 2.18. The molecule has 0 amide bonds. The van der Waals surface area contributed by atoms with Crippen molar-refractivity contribution in [1.82, 2.24) is 25.1 Å². The molecule has 0 unspecified atom stereocenters. The van der Waals surface area contributed by atoms with Crippen molar-refractivity contribution in [2.75, 3.05) is 6.54 Å². The van der Waals surface area contributed by atoms with Gasteiger partial charge in [0, 0.05) is 19.3 Å². The van der Waals surface area contributed by atoms with Gasteiger partial charge in [0.25, 0.3) is 0 Å². The monoisotopic (exact) mass is 215 g/mol. The molecule has 2 aromatic heterocycles. The largest absolute Gasteiger partial charge is 0.307 e. The van der Waals surface area contributed by atoms with Crippen molar-refractivity contribution in [3.8, 4) is 11.5 Å². The summed E-state index contributed by atoms with van der Waals surface area (Å²) in [5.74, 6) is 1.86. The second-order valence-electron chi connectivity index (χ2n) is 3.92. The van der Waals surface area contributed by atoms with E-state index in [0.29, 0.717) is 0 Å². The third-order valence-corrected chi connectivity index (χ3v) is 2.85.